The molecule has 0 heterocycles. The second-order valence-electron chi connectivity index (χ2n) is 3.46. The van der Waals surface area contributed by atoms with E-state index in [0.29, 0.717) is 5.56 Å². The molecule has 4 heteroatoms. The Morgan fingerprint density at radius 1 is 1.19 bits per heavy atom. The summed E-state index contributed by atoms with van der Waals surface area (Å²) in [6.07, 6.45) is 0. The molecule has 0 atom stereocenters. The van der Waals surface area contributed by atoms with Gasteiger partial charge in [0.2, 0.25) is 0 Å². The molecule has 2 aromatic carbocycles. The zero-order chi connectivity index (χ0) is 11.7. The van der Waals surface area contributed by atoms with Gasteiger partial charge in [0.05, 0.1) is 12.2 Å². The number of aliphatic hydroxyl groups is 1. The quantitative estimate of drug-likeness (QED) is 0.889. The van der Waals surface area contributed by atoms with E-state index < -0.39 is 5.97 Å². The van der Waals surface area contributed by atoms with Gasteiger partial charge in [-0.15, -0.1) is 0 Å². The maximum atomic E-state index is 11.0. The van der Waals surface area contributed by atoms with Crippen LogP contribution in [0.4, 0.5) is 0 Å². The predicted octanol–water partition coefficient (Wildman–Crippen LogP) is 2.79. The minimum atomic E-state index is -1.02. The van der Waals surface area contributed by atoms with Crippen LogP contribution in [0, 0.1) is 0 Å². The zero-order valence-electron chi connectivity index (χ0n) is 8.27. The number of aliphatic hydroxyl groups excluding tert-OH is 1. The molecule has 0 radical (unpaired) electrons. The van der Waals surface area contributed by atoms with Crippen molar-refractivity contribution in [2.24, 2.45) is 0 Å². The van der Waals surface area contributed by atoms with Gasteiger partial charge in [-0.25, -0.2) is 4.79 Å². The van der Waals surface area contributed by atoms with E-state index in [1.165, 1.54) is 0 Å². The molecule has 2 N–H and O–H groups in total. The molecule has 2 rings (SSSR count). The van der Waals surface area contributed by atoms with Gasteiger partial charge in [0.25, 0.3) is 0 Å². The van der Waals surface area contributed by atoms with E-state index in [4.69, 9.17) is 10.2 Å². The van der Waals surface area contributed by atoms with E-state index in [1.807, 2.05) is 18.2 Å². The molecule has 0 aliphatic heterocycles. The minimum Gasteiger partial charge on any atom is -0.478 e. The molecule has 82 valence electrons. The monoisotopic (exact) mass is 280 g/mol. The van der Waals surface area contributed by atoms with E-state index in [0.717, 1.165) is 15.2 Å². The molecule has 2 aromatic rings. The van der Waals surface area contributed by atoms with Crippen molar-refractivity contribution in [3.05, 3.63) is 45.9 Å². The lowest BCUT2D eigenvalue weighted by Gasteiger charge is -2.06. The summed E-state index contributed by atoms with van der Waals surface area (Å²) in [5, 5.41) is 19.9. The van der Waals surface area contributed by atoms with E-state index in [9.17, 15) is 4.79 Å². The van der Waals surface area contributed by atoms with Crippen LogP contribution in [0.2, 0.25) is 0 Å². The molecule has 0 aliphatic rings. The summed E-state index contributed by atoms with van der Waals surface area (Å²) >= 11 is 3.35. The third-order valence-electron chi connectivity index (χ3n) is 2.43. The largest absolute Gasteiger partial charge is 0.478 e. The highest BCUT2D eigenvalue weighted by Crippen LogP contribution is 2.24. The van der Waals surface area contributed by atoms with Crippen LogP contribution in [0.25, 0.3) is 10.8 Å². The smallest absolute Gasteiger partial charge is 0.336 e. The summed E-state index contributed by atoms with van der Waals surface area (Å²) < 4.78 is 0.923. The molecule has 0 fully saturated rings. The van der Waals surface area contributed by atoms with Crippen molar-refractivity contribution in [3.8, 4) is 0 Å². The number of halogens is 1. The fraction of sp³-hybridized carbons (Fsp3) is 0.0833. The van der Waals surface area contributed by atoms with Crippen molar-refractivity contribution < 1.29 is 15.0 Å². The molecule has 0 aliphatic carbocycles. The standard InChI is InChI=1S/C12H9BrO3/c13-10-2-1-7-5-11(12(15)16)9(6-14)3-8(7)4-10/h1-5,14H,6H2,(H,15,16). The van der Waals surface area contributed by atoms with Crippen LogP contribution in [0.1, 0.15) is 15.9 Å². The topological polar surface area (TPSA) is 57.5 Å². The van der Waals surface area contributed by atoms with E-state index in [2.05, 4.69) is 15.9 Å². The Kier molecular flexibility index (Phi) is 2.94. The summed E-state index contributed by atoms with van der Waals surface area (Å²) in [7, 11) is 0. The lowest BCUT2D eigenvalue weighted by atomic mass is 10.0. The molecule has 0 aromatic heterocycles. The maximum Gasteiger partial charge on any atom is 0.336 e. The number of hydrogen-bond acceptors (Lipinski definition) is 2. The molecule has 3 nitrogen and oxygen atoms in total. The minimum absolute atomic E-state index is 0.150. The van der Waals surface area contributed by atoms with Gasteiger partial charge in [-0.05, 0) is 40.6 Å². The maximum absolute atomic E-state index is 11.0. The van der Waals surface area contributed by atoms with Gasteiger partial charge in [-0.3, -0.25) is 0 Å². The number of fused-ring (bicyclic) bond motifs is 1. The summed E-state index contributed by atoms with van der Waals surface area (Å²) in [6.45, 7) is -0.274. The van der Waals surface area contributed by atoms with Crippen LogP contribution in [0.15, 0.2) is 34.8 Å². The van der Waals surface area contributed by atoms with Crippen LogP contribution in [-0.2, 0) is 6.61 Å². The lowest BCUT2D eigenvalue weighted by molar-refractivity contribution is 0.0693. The molecule has 0 saturated heterocycles. The molecule has 0 saturated carbocycles. The highest BCUT2D eigenvalue weighted by Gasteiger charge is 2.10. The Balaban J connectivity index is 2.75. The molecular weight excluding hydrogens is 272 g/mol. The van der Waals surface area contributed by atoms with Gasteiger partial charge in [-0.2, -0.15) is 0 Å². The van der Waals surface area contributed by atoms with Gasteiger partial charge in [0.1, 0.15) is 0 Å². The van der Waals surface area contributed by atoms with Crippen LogP contribution in [0.3, 0.4) is 0 Å². The number of carbonyl (C=O) groups is 1. The lowest BCUT2D eigenvalue weighted by Crippen LogP contribution is -2.02. The Labute approximate surface area is 100 Å². The van der Waals surface area contributed by atoms with Crippen LogP contribution in [-0.4, -0.2) is 16.2 Å². The van der Waals surface area contributed by atoms with Crippen molar-refractivity contribution in [2.45, 2.75) is 6.61 Å². The first-order chi connectivity index (χ1) is 7.61. The average molecular weight is 281 g/mol. The van der Waals surface area contributed by atoms with Gasteiger partial charge < -0.3 is 10.2 Å². The Morgan fingerprint density at radius 3 is 2.56 bits per heavy atom. The Bertz CT molecular complexity index is 563. The molecule has 0 bridgehead atoms. The van der Waals surface area contributed by atoms with Crippen molar-refractivity contribution in [1.82, 2.24) is 0 Å². The average Bonchev–Trinajstić information content (AvgIpc) is 2.26. The Morgan fingerprint density at radius 2 is 1.94 bits per heavy atom. The third kappa shape index (κ3) is 1.94. The molecule has 0 spiro atoms. The molecule has 0 amide bonds. The van der Waals surface area contributed by atoms with E-state index >= 15 is 0 Å². The normalized spacial score (nSPS) is 10.6. The van der Waals surface area contributed by atoms with E-state index in [1.54, 1.807) is 12.1 Å². The fourth-order valence-electron chi connectivity index (χ4n) is 1.65. The van der Waals surface area contributed by atoms with Gasteiger partial charge in [0.15, 0.2) is 0 Å². The highest BCUT2D eigenvalue weighted by molar-refractivity contribution is 9.10. The molecule has 16 heavy (non-hydrogen) atoms. The van der Waals surface area contributed by atoms with Crippen molar-refractivity contribution in [3.63, 3.8) is 0 Å². The number of carboxylic acids is 1. The second kappa shape index (κ2) is 4.23. The van der Waals surface area contributed by atoms with Crippen molar-refractivity contribution in [2.75, 3.05) is 0 Å². The van der Waals surface area contributed by atoms with Gasteiger partial charge in [-0.1, -0.05) is 22.0 Å². The highest BCUT2D eigenvalue weighted by atomic mass is 79.9. The molecule has 0 unspecified atom stereocenters. The first kappa shape index (κ1) is 11.1. The number of rotatable bonds is 2. The first-order valence-electron chi connectivity index (χ1n) is 4.68. The van der Waals surface area contributed by atoms with Crippen molar-refractivity contribution >= 4 is 32.7 Å². The molecular formula is C12H9BrO3. The van der Waals surface area contributed by atoms with Crippen LogP contribution >= 0.6 is 15.9 Å². The number of benzene rings is 2. The van der Waals surface area contributed by atoms with Gasteiger partial charge >= 0.3 is 5.97 Å². The zero-order valence-corrected chi connectivity index (χ0v) is 9.86. The SMILES string of the molecule is O=C(O)c1cc2ccc(Br)cc2cc1CO. The van der Waals surface area contributed by atoms with Crippen molar-refractivity contribution in [1.29, 1.82) is 0 Å². The van der Waals surface area contributed by atoms with Crippen LogP contribution < -0.4 is 0 Å². The predicted molar refractivity (Wildman–Crippen MR) is 64.5 cm³/mol. The van der Waals surface area contributed by atoms with Gasteiger partial charge in [0, 0.05) is 4.47 Å². The fourth-order valence-corrected chi connectivity index (χ4v) is 2.02. The Hall–Kier alpha value is -1.39. The third-order valence-corrected chi connectivity index (χ3v) is 2.92. The second-order valence-corrected chi connectivity index (χ2v) is 4.38. The summed E-state index contributed by atoms with van der Waals surface area (Å²) in [5.74, 6) is -1.02. The van der Waals surface area contributed by atoms with Crippen LogP contribution in [0.5, 0.6) is 0 Å². The number of carboxylic acid groups (broad SMARTS) is 1. The first-order valence-corrected chi connectivity index (χ1v) is 5.47. The summed E-state index contributed by atoms with van der Waals surface area (Å²) in [4.78, 5) is 11.0. The number of aromatic carboxylic acids is 1. The van der Waals surface area contributed by atoms with E-state index in [-0.39, 0.29) is 12.2 Å². The summed E-state index contributed by atoms with van der Waals surface area (Å²) in [5.41, 5.74) is 0.579. The summed E-state index contributed by atoms with van der Waals surface area (Å²) in [6, 6.07) is 8.86. The number of hydrogen-bond donors (Lipinski definition) is 2.